The van der Waals surface area contributed by atoms with Crippen LogP contribution >= 0.6 is 0 Å². The Morgan fingerprint density at radius 2 is 2.11 bits per heavy atom. The molecule has 0 aliphatic carbocycles. The summed E-state index contributed by atoms with van der Waals surface area (Å²) in [4.78, 5) is 6.73. The fourth-order valence-electron chi connectivity index (χ4n) is 3.37. The minimum Gasteiger partial charge on any atom is -0.399 e. The van der Waals surface area contributed by atoms with Gasteiger partial charge in [-0.05, 0) is 30.2 Å². The molecular weight excluding hydrogens is 222 g/mol. The number of nitrogens with two attached hydrogens (primary N) is 1. The van der Waals surface area contributed by atoms with E-state index in [0.717, 1.165) is 12.1 Å². The van der Waals surface area contributed by atoms with Crippen LogP contribution < -0.4 is 10.6 Å². The molecule has 18 heavy (non-hydrogen) atoms. The van der Waals surface area contributed by atoms with E-state index in [1.165, 1.54) is 11.3 Å². The Balaban J connectivity index is 2.23. The molecule has 0 radical (unpaired) electrons. The fourth-order valence-corrected chi connectivity index (χ4v) is 3.37. The summed E-state index contributed by atoms with van der Waals surface area (Å²) in [6, 6.07) is 6.19. The van der Waals surface area contributed by atoms with E-state index in [9.17, 15) is 0 Å². The molecule has 0 saturated carbocycles. The Morgan fingerprint density at radius 1 is 1.33 bits per heavy atom. The third-order valence-electron chi connectivity index (χ3n) is 4.64. The van der Waals surface area contributed by atoms with Crippen LogP contribution in [0.5, 0.6) is 0 Å². The molecule has 1 atom stereocenters. The molecule has 2 aliphatic rings. The van der Waals surface area contributed by atoms with Crippen LogP contribution in [0.3, 0.4) is 0 Å². The molecule has 0 saturated heterocycles. The van der Waals surface area contributed by atoms with E-state index in [2.05, 4.69) is 55.2 Å². The largest absolute Gasteiger partial charge is 0.399 e. The molecule has 2 N–H and O–H groups in total. The minimum atomic E-state index is -0.0716. The van der Waals surface area contributed by atoms with Crippen molar-refractivity contribution in [2.24, 2.45) is 4.99 Å². The predicted octanol–water partition coefficient (Wildman–Crippen LogP) is 2.72. The zero-order chi connectivity index (χ0) is 13.0. The fraction of sp³-hybridized carbons (Fsp3) is 0.400. The Bertz CT molecular complexity index is 557. The number of rotatable bonds is 0. The molecule has 2 heterocycles. The van der Waals surface area contributed by atoms with E-state index in [-0.39, 0.29) is 11.0 Å². The Hall–Kier alpha value is -1.77. The molecule has 0 bridgehead atoms. The summed E-state index contributed by atoms with van der Waals surface area (Å²) in [6.07, 6.45) is 7.10. The van der Waals surface area contributed by atoms with Gasteiger partial charge in [-0.15, -0.1) is 0 Å². The molecule has 1 aromatic rings. The highest BCUT2D eigenvalue weighted by atomic mass is 15.2. The predicted molar refractivity (Wildman–Crippen MR) is 77.3 cm³/mol. The SMILES string of the molecule is CN1c2ccc(N)cc2C(C)(C)C12C=NC=CC2. The van der Waals surface area contributed by atoms with Crippen molar-refractivity contribution >= 4 is 17.6 Å². The number of nitrogens with zero attached hydrogens (tertiary/aromatic N) is 2. The third kappa shape index (κ3) is 1.17. The summed E-state index contributed by atoms with van der Waals surface area (Å²) < 4.78 is 0. The Kier molecular flexibility index (Phi) is 2.12. The number of fused-ring (bicyclic) bond motifs is 1. The maximum absolute atomic E-state index is 5.95. The van der Waals surface area contributed by atoms with Crippen LogP contribution in [-0.2, 0) is 5.41 Å². The average Bonchev–Trinajstić information content (AvgIpc) is 2.51. The van der Waals surface area contributed by atoms with Gasteiger partial charge in [0.05, 0.1) is 5.54 Å². The molecule has 1 unspecified atom stereocenters. The molecule has 3 rings (SSSR count). The van der Waals surface area contributed by atoms with Crippen LogP contribution in [0.2, 0.25) is 0 Å². The average molecular weight is 241 g/mol. The van der Waals surface area contributed by atoms with E-state index < -0.39 is 0 Å². The second-order valence-electron chi connectivity index (χ2n) is 5.75. The van der Waals surface area contributed by atoms with Crippen molar-refractivity contribution in [1.29, 1.82) is 0 Å². The normalized spacial score (nSPS) is 27.8. The molecule has 94 valence electrons. The van der Waals surface area contributed by atoms with Gasteiger partial charge in [-0.25, -0.2) is 0 Å². The van der Waals surface area contributed by atoms with Crippen molar-refractivity contribution in [2.75, 3.05) is 17.7 Å². The molecule has 1 spiro atoms. The molecule has 2 aliphatic heterocycles. The summed E-state index contributed by atoms with van der Waals surface area (Å²) in [7, 11) is 2.15. The van der Waals surface area contributed by atoms with Crippen LogP contribution in [-0.4, -0.2) is 18.8 Å². The number of benzene rings is 1. The first-order chi connectivity index (χ1) is 8.49. The monoisotopic (exact) mass is 241 g/mol. The molecule has 0 fully saturated rings. The van der Waals surface area contributed by atoms with E-state index >= 15 is 0 Å². The first kappa shape index (κ1) is 11.3. The highest BCUT2D eigenvalue weighted by Gasteiger charge is 2.54. The number of aliphatic imine (C=N–C) groups is 1. The minimum absolute atomic E-state index is 0.000718. The highest BCUT2D eigenvalue weighted by Crippen LogP contribution is 2.52. The molecule has 1 aromatic carbocycles. The van der Waals surface area contributed by atoms with E-state index in [1.54, 1.807) is 0 Å². The van der Waals surface area contributed by atoms with Gasteiger partial charge in [0.1, 0.15) is 0 Å². The maximum Gasteiger partial charge on any atom is 0.0878 e. The Morgan fingerprint density at radius 3 is 2.78 bits per heavy atom. The highest BCUT2D eigenvalue weighted by molar-refractivity contribution is 5.87. The Labute approximate surface area is 108 Å². The van der Waals surface area contributed by atoms with Crippen LogP contribution in [0.25, 0.3) is 0 Å². The molecule has 0 amide bonds. The first-order valence-electron chi connectivity index (χ1n) is 6.32. The molecule has 0 aromatic heterocycles. The zero-order valence-electron chi connectivity index (χ0n) is 11.1. The van der Waals surface area contributed by atoms with Gasteiger partial charge in [0.25, 0.3) is 0 Å². The van der Waals surface area contributed by atoms with Crippen LogP contribution in [0.4, 0.5) is 11.4 Å². The van der Waals surface area contributed by atoms with Crippen molar-refractivity contribution < 1.29 is 0 Å². The van der Waals surface area contributed by atoms with Crippen molar-refractivity contribution in [3.05, 3.63) is 36.0 Å². The van der Waals surface area contributed by atoms with Gasteiger partial charge < -0.3 is 10.6 Å². The van der Waals surface area contributed by atoms with Crippen LogP contribution in [0, 0.1) is 0 Å². The molecule has 3 nitrogen and oxygen atoms in total. The molecule has 3 heteroatoms. The smallest absolute Gasteiger partial charge is 0.0878 e. The van der Waals surface area contributed by atoms with Crippen LogP contribution in [0.1, 0.15) is 25.8 Å². The van der Waals surface area contributed by atoms with Crippen molar-refractivity contribution in [3.63, 3.8) is 0 Å². The van der Waals surface area contributed by atoms with Gasteiger partial charge in [0.2, 0.25) is 0 Å². The van der Waals surface area contributed by atoms with Crippen molar-refractivity contribution in [2.45, 2.75) is 31.2 Å². The summed E-state index contributed by atoms with van der Waals surface area (Å²) in [6.45, 7) is 4.56. The van der Waals surface area contributed by atoms with E-state index in [4.69, 9.17) is 5.73 Å². The topological polar surface area (TPSA) is 41.6 Å². The lowest BCUT2D eigenvalue weighted by Gasteiger charge is -2.44. The van der Waals surface area contributed by atoms with Crippen LogP contribution in [0.15, 0.2) is 35.5 Å². The van der Waals surface area contributed by atoms with Crippen molar-refractivity contribution in [3.8, 4) is 0 Å². The van der Waals surface area contributed by atoms with Gasteiger partial charge in [-0.3, -0.25) is 4.99 Å². The maximum atomic E-state index is 5.95. The lowest BCUT2D eigenvalue weighted by Crippen LogP contribution is -2.56. The summed E-state index contributed by atoms with van der Waals surface area (Å²) in [5, 5.41) is 0. The van der Waals surface area contributed by atoms with Gasteiger partial charge >= 0.3 is 0 Å². The number of hydrogen-bond acceptors (Lipinski definition) is 3. The lowest BCUT2D eigenvalue weighted by atomic mass is 9.68. The third-order valence-corrected chi connectivity index (χ3v) is 4.64. The zero-order valence-corrected chi connectivity index (χ0v) is 11.1. The van der Waals surface area contributed by atoms with Gasteiger partial charge in [-0.1, -0.05) is 19.9 Å². The van der Waals surface area contributed by atoms with Gasteiger partial charge in [0.15, 0.2) is 0 Å². The molecular formula is C15H19N3. The van der Waals surface area contributed by atoms with E-state index in [1.807, 2.05) is 12.3 Å². The summed E-state index contributed by atoms with van der Waals surface area (Å²) >= 11 is 0. The quantitative estimate of drug-likeness (QED) is 0.710. The number of likely N-dealkylation sites (N-methyl/N-ethyl adjacent to an activating group) is 1. The summed E-state index contributed by atoms with van der Waals surface area (Å²) in [5.74, 6) is 0. The lowest BCUT2D eigenvalue weighted by molar-refractivity contribution is 0.365. The number of anilines is 2. The van der Waals surface area contributed by atoms with E-state index in [0.29, 0.717) is 0 Å². The second kappa shape index (κ2) is 3.37. The van der Waals surface area contributed by atoms with Gasteiger partial charge in [0, 0.05) is 36.3 Å². The van der Waals surface area contributed by atoms with Crippen molar-refractivity contribution in [1.82, 2.24) is 0 Å². The van der Waals surface area contributed by atoms with Gasteiger partial charge in [-0.2, -0.15) is 0 Å². The first-order valence-corrected chi connectivity index (χ1v) is 6.32. The number of nitrogen functional groups attached to an aromatic ring is 1. The summed E-state index contributed by atoms with van der Waals surface area (Å²) in [5.41, 5.74) is 9.28. The second-order valence-corrected chi connectivity index (χ2v) is 5.75. The standard InChI is InChI=1S/C15H19N3/c1-14(2)12-9-11(16)5-6-13(12)18(3)15(14)7-4-8-17-10-15/h4-6,8-10H,7,16H2,1-3H3. The number of hydrogen-bond donors (Lipinski definition) is 1.